The Hall–Kier alpha value is -2.46. The summed E-state index contributed by atoms with van der Waals surface area (Å²) in [5.74, 6) is -2.14. The third-order valence-electron chi connectivity index (χ3n) is 17.0. The van der Waals surface area contributed by atoms with Crippen LogP contribution in [0.2, 0.25) is 0 Å². The molecule has 0 aromatic rings. The van der Waals surface area contributed by atoms with Crippen LogP contribution >= 0.6 is 15.6 Å². The van der Waals surface area contributed by atoms with Gasteiger partial charge in [-0.1, -0.05) is 322 Å². The molecule has 0 bridgehead atoms. The van der Waals surface area contributed by atoms with Gasteiger partial charge in [0.05, 0.1) is 26.4 Å². The summed E-state index contributed by atoms with van der Waals surface area (Å²) >= 11 is 0. The molecule has 94 heavy (non-hydrogen) atoms. The van der Waals surface area contributed by atoms with E-state index in [4.69, 9.17) is 37.0 Å². The van der Waals surface area contributed by atoms with E-state index in [2.05, 4.69) is 52.0 Å². The summed E-state index contributed by atoms with van der Waals surface area (Å²) in [6.45, 7) is 4.91. The molecule has 5 atom stereocenters. The van der Waals surface area contributed by atoms with Crippen LogP contribution in [0.4, 0.5) is 0 Å². The van der Waals surface area contributed by atoms with Gasteiger partial charge in [0.1, 0.15) is 19.3 Å². The van der Waals surface area contributed by atoms with Crippen LogP contribution in [-0.4, -0.2) is 96.7 Å². The van der Waals surface area contributed by atoms with Crippen molar-refractivity contribution in [2.24, 2.45) is 0 Å². The van der Waals surface area contributed by atoms with Crippen molar-refractivity contribution in [3.8, 4) is 0 Å². The monoisotopic (exact) mass is 1380 g/mol. The standard InChI is InChI=1S/C75H142O17P2/c1-5-9-13-17-21-25-29-32-34-36-39-42-46-50-54-58-62-75(80)92-71(66-86-73(78)60-56-52-48-44-40-38-35-33-30-26-22-18-14-10-6-2)68-90-94(83,84)88-64-69(76)63-87-93(81,82)89-67-70(65-85-72(77)59-55-51-47-43-28-24-20-16-12-8-4)91-74(79)61-57-53-49-45-41-37-31-27-23-19-15-11-7-3/h26,30,33,35,69-71,76H,5-25,27-29,31-32,34,36-68H2,1-4H3,(H,81,82)(H,83,84)/b30-26-,35-33-/t69-,70+,71+/m0/s1. The van der Waals surface area contributed by atoms with E-state index in [-0.39, 0.29) is 25.7 Å². The van der Waals surface area contributed by atoms with E-state index in [0.29, 0.717) is 25.7 Å². The van der Waals surface area contributed by atoms with Gasteiger partial charge in [-0.05, 0) is 51.4 Å². The van der Waals surface area contributed by atoms with Crippen LogP contribution in [0.5, 0.6) is 0 Å². The molecule has 3 N–H and O–H groups in total. The lowest BCUT2D eigenvalue weighted by Gasteiger charge is -2.21. The largest absolute Gasteiger partial charge is 0.472 e. The molecule has 0 rings (SSSR count). The van der Waals surface area contributed by atoms with Gasteiger partial charge in [0.25, 0.3) is 0 Å². The fourth-order valence-corrected chi connectivity index (χ4v) is 12.6. The molecule has 0 fully saturated rings. The van der Waals surface area contributed by atoms with E-state index < -0.39 is 97.5 Å². The van der Waals surface area contributed by atoms with Crippen LogP contribution in [0.15, 0.2) is 24.3 Å². The zero-order valence-electron chi connectivity index (χ0n) is 60.4. The fraction of sp³-hybridized carbons (Fsp3) is 0.893. The number of aliphatic hydroxyl groups excluding tert-OH is 1. The number of unbranched alkanes of at least 4 members (excludes halogenated alkanes) is 45. The van der Waals surface area contributed by atoms with Crippen LogP contribution in [-0.2, 0) is 65.4 Å². The summed E-state index contributed by atoms with van der Waals surface area (Å²) in [5, 5.41) is 10.6. The number of rotatable bonds is 74. The summed E-state index contributed by atoms with van der Waals surface area (Å²) in [6.07, 6.45) is 61.7. The summed E-state index contributed by atoms with van der Waals surface area (Å²) in [7, 11) is -9.92. The molecule has 17 nitrogen and oxygen atoms in total. The minimum Gasteiger partial charge on any atom is -0.462 e. The topological polar surface area (TPSA) is 237 Å². The molecule has 0 heterocycles. The number of ether oxygens (including phenoxy) is 4. The molecule has 0 radical (unpaired) electrons. The molecule has 2 unspecified atom stereocenters. The van der Waals surface area contributed by atoms with Gasteiger partial charge in [-0.3, -0.25) is 37.3 Å². The molecule has 0 amide bonds. The second-order valence-corrected chi connectivity index (χ2v) is 29.3. The molecule has 0 aliphatic rings. The number of aliphatic hydroxyl groups is 1. The van der Waals surface area contributed by atoms with Gasteiger partial charge in [0.15, 0.2) is 12.2 Å². The fourth-order valence-electron chi connectivity index (χ4n) is 11.0. The van der Waals surface area contributed by atoms with Crippen LogP contribution < -0.4 is 0 Å². The molecule has 554 valence electrons. The molecule has 0 aromatic heterocycles. The Morgan fingerprint density at radius 3 is 0.777 bits per heavy atom. The van der Waals surface area contributed by atoms with Crippen molar-refractivity contribution in [2.75, 3.05) is 39.6 Å². The van der Waals surface area contributed by atoms with E-state index in [1.807, 2.05) is 0 Å². The molecule has 0 saturated carbocycles. The van der Waals surface area contributed by atoms with Gasteiger partial charge in [0, 0.05) is 25.7 Å². The molecular formula is C75H142O17P2. The molecule has 0 aliphatic heterocycles. The average molecular weight is 1380 g/mol. The third kappa shape index (κ3) is 68.1. The lowest BCUT2D eigenvalue weighted by Crippen LogP contribution is -2.30. The third-order valence-corrected chi connectivity index (χ3v) is 18.9. The Labute approximate surface area is 573 Å². The smallest absolute Gasteiger partial charge is 0.462 e. The highest BCUT2D eigenvalue weighted by molar-refractivity contribution is 7.47. The zero-order valence-corrected chi connectivity index (χ0v) is 62.2. The van der Waals surface area contributed by atoms with E-state index in [0.717, 1.165) is 109 Å². The van der Waals surface area contributed by atoms with Crippen molar-refractivity contribution in [2.45, 2.75) is 393 Å². The first-order valence-corrected chi connectivity index (χ1v) is 41.6. The predicted molar refractivity (Wildman–Crippen MR) is 381 cm³/mol. The van der Waals surface area contributed by atoms with Crippen molar-refractivity contribution in [3.63, 3.8) is 0 Å². The Morgan fingerprint density at radius 2 is 0.511 bits per heavy atom. The zero-order chi connectivity index (χ0) is 69.0. The number of phosphoric ester groups is 2. The second-order valence-electron chi connectivity index (χ2n) is 26.4. The van der Waals surface area contributed by atoms with Crippen molar-refractivity contribution < 1.29 is 80.2 Å². The summed E-state index contributed by atoms with van der Waals surface area (Å²) < 4.78 is 68.4. The first-order valence-electron chi connectivity index (χ1n) is 38.6. The number of esters is 4. The number of hydrogen-bond donors (Lipinski definition) is 3. The molecule has 0 aliphatic carbocycles. The van der Waals surface area contributed by atoms with Crippen molar-refractivity contribution >= 4 is 39.5 Å². The van der Waals surface area contributed by atoms with Crippen molar-refractivity contribution in [1.82, 2.24) is 0 Å². The van der Waals surface area contributed by atoms with Crippen molar-refractivity contribution in [1.29, 1.82) is 0 Å². The number of allylic oxidation sites excluding steroid dienone is 4. The van der Waals surface area contributed by atoms with Gasteiger partial charge in [-0.25, -0.2) is 9.13 Å². The summed E-state index contributed by atoms with van der Waals surface area (Å²) in [5.41, 5.74) is 0. The summed E-state index contributed by atoms with van der Waals surface area (Å²) in [6, 6.07) is 0. The number of hydrogen-bond acceptors (Lipinski definition) is 15. The predicted octanol–water partition coefficient (Wildman–Crippen LogP) is 21.8. The Bertz CT molecular complexity index is 1880. The normalized spacial score (nSPS) is 14.1. The molecule has 0 aromatic carbocycles. The Kier molecular flexibility index (Phi) is 67.2. The maximum atomic E-state index is 13.1. The van der Waals surface area contributed by atoms with Gasteiger partial charge < -0.3 is 33.8 Å². The molecule has 0 saturated heterocycles. The highest BCUT2D eigenvalue weighted by Crippen LogP contribution is 2.45. The van der Waals surface area contributed by atoms with E-state index in [1.54, 1.807) is 0 Å². The number of carbonyl (C=O) groups excluding carboxylic acids is 4. The van der Waals surface area contributed by atoms with Crippen LogP contribution in [0, 0.1) is 0 Å². The quantitative estimate of drug-likeness (QED) is 0.0169. The van der Waals surface area contributed by atoms with Crippen LogP contribution in [0.3, 0.4) is 0 Å². The first kappa shape index (κ1) is 91.5. The van der Waals surface area contributed by atoms with Gasteiger partial charge in [-0.15, -0.1) is 0 Å². The molecular weight excluding hydrogens is 1230 g/mol. The minimum absolute atomic E-state index is 0.102. The van der Waals surface area contributed by atoms with Crippen molar-refractivity contribution in [3.05, 3.63) is 24.3 Å². The Morgan fingerprint density at radius 1 is 0.298 bits per heavy atom. The van der Waals surface area contributed by atoms with E-state index >= 15 is 0 Å². The number of carbonyl (C=O) groups is 4. The second kappa shape index (κ2) is 69.0. The molecule has 0 spiro atoms. The van der Waals surface area contributed by atoms with Gasteiger partial charge in [-0.2, -0.15) is 0 Å². The maximum absolute atomic E-state index is 13.1. The SMILES string of the molecule is CCCCCC/C=C\C=C/CCCCCCCC(=O)OC[C@H](COP(=O)(O)OC[C@@H](O)COP(=O)(O)OC[C@@H](COC(=O)CCCCCCCCCCCC)OC(=O)CCCCCCCCCCCCCCC)OC(=O)CCCCCCCCCCCCCCCCCC. The minimum atomic E-state index is -4.96. The Balaban J connectivity index is 5.28. The average Bonchev–Trinajstić information content (AvgIpc) is 1.29. The summed E-state index contributed by atoms with van der Waals surface area (Å²) in [4.78, 5) is 72.7. The first-order chi connectivity index (χ1) is 45.7. The van der Waals surface area contributed by atoms with Gasteiger partial charge >= 0.3 is 39.5 Å². The van der Waals surface area contributed by atoms with E-state index in [1.165, 1.54) is 186 Å². The highest BCUT2D eigenvalue weighted by Gasteiger charge is 2.30. The lowest BCUT2D eigenvalue weighted by atomic mass is 10.0. The number of phosphoric acid groups is 2. The van der Waals surface area contributed by atoms with E-state index in [9.17, 15) is 43.2 Å². The highest BCUT2D eigenvalue weighted by atomic mass is 31.2. The lowest BCUT2D eigenvalue weighted by molar-refractivity contribution is -0.161. The maximum Gasteiger partial charge on any atom is 0.472 e. The molecule has 19 heteroatoms. The van der Waals surface area contributed by atoms with Crippen LogP contribution in [0.25, 0.3) is 0 Å². The van der Waals surface area contributed by atoms with Crippen LogP contribution in [0.1, 0.15) is 374 Å². The van der Waals surface area contributed by atoms with Gasteiger partial charge in [0.2, 0.25) is 0 Å².